The van der Waals surface area contributed by atoms with Crippen molar-refractivity contribution in [3.63, 3.8) is 0 Å². The zero-order valence-electron chi connectivity index (χ0n) is 42.4. The Bertz CT molecular complexity index is 1810. The van der Waals surface area contributed by atoms with Crippen molar-refractivity contribution in [3.8, 4) is 17.2 Å². The van der Waals surface area contributed by atoms with Gasteiger partial charge < -0.3 is 19.0 Å². The van der Waals surface area contributed by atoms with Crippen LogP contribution in [0.3, 0.4) is 0 Å². The Balaban J connectivity index is 1.70. The summed E-state index contributed by atoms with van der Waals surface area (Å²) in [5.74, 6) is 1.76. The topological polar surface area (TPSA) is 75.7 Å². The van der Waals surface area contributed by atoms with E-state index in [9.17, 15) is 14.7 Å². The minimum Gasteiger partial charge on any atom is -0.494 e. The number of anilines is 1. The molecule has 0 saturated carbocycles. The molecule has 364 valence electrons. The van der Waals surface area contributed by atoms with Crippen molar-refractivity contribution in [3.05, 3.63) is 53.8 Å². The molecule has 1 N–H and O–H groups in total. The first kappa shape index (κ1) is 54.1. The summed E-state index contributed by atoms with van der Waals surface area (Å²) < 4.78 is 8.21. The van der Waals surface area contributed by atoms with Crippen LogP contribution in [0.15, 0.2) is 52.7 Å². The highest BCUT2D eigenvalue weighted by molar-refractivity contribution is 6.34. The van der Waals surface area contributed by atoms with E-state index in [4.69, 9.17) is 4.42 Å². The van der Waals surface area contributed by atoms with Crippen LogP contribution in [-0.4, -0.2) is 28.4 Å². The van der Waals surface area contributed by atoms with E-state index in [1.807, 2.05) is 19.1 Å². The SMILES string of the molecule is CCCCCCCCCCC(CCCCCCCC)CN1C(=O)/C(=C(C)/C=C\C=O)c2cc3c(cc21)c(-c1ccco1)c(O)n3CC(CCCCCCCC)CCCCCCCCCC. The molecule has 0 radical (unpaired) electrons. The fraction of sp³-hybridized carbons (Fsp3) is 0.695. The van der Waals surface area contributed by atoms with E-state index < -0.39 is 0 Å². The maximum Gasteiger partial charge on any atom is 0.259 e. The summed E-state index contributed by atoms with van der Waals surface area (Å²) in [6, 6.07) is 8.21. The number of aldehydes is 1. The number of unbranched alkanes of at least 4 members (excludes halogenated alkanes) is 24. The lowest BCUT2D eigenvalue weighted by molar-refractivity contribution is -0.113. The van der Waals surface area contributed by atoms with Gasteiger partial charge in [0.1, 0.15) is 12.0 Å². The molecular formula is C59H94N2O4. The van der Waals surface area contributed by atoms with Crippen LogP contribution < -0.4 is 4.90 Å². The molecule has 2 atom stereocenters. The molecule has 4 rings (SSSR count). The predicted octanol–water partition coefficient (Wildman–Crippen LogP) is 18.3. The van der Waals surface area contributed by atoms with Gasteiger partial charge in [0.15, 0.2) is 0 Å². The second kappa shape index (κ2) is 32.2. The quantitative estimate of drug-likeness (QED) is 0.0352. The van der Waals surface area contributed by atoms with E-state index in [1.165, 1.54) is 186 Å². The number of benzene rings is 1. The summed E-state index contributed by atoms with van der Waals surface area (Å²) in [7, 11) is 0. The zero-order chi connectivity index (χ0) is 46.5. The van der Waals surface area contributed by atoms with Crippen molar-refractivity contribution in [2.45, 2.75) is 247 Å². The molecule has 2 aromatic heterocycles. The lowest BCUT2D eigenvalue weighted by Crippen LogP contribution is -2.32. The third-order valence-electron chi connectivity index (χ3n) is 14.5. The molecule has 3 aromatic rings. The minimum absolute atomic E-state index is 0.0236. The van der Waals surface area contributed by atoms with Crippen LogP contribution in [0.5, 0.6) is 5.88 Å². The molecule has 3 heterocycles. The molecule has 6 nitrogen and oxygen atoms in total. The Morgan fingerprint density at radius 1 is 0.631 bits per heavy atom. The van der Waals surface area contributed by atoms with E-state index in [2.05, 4.69) is 49.3 Å². The third-order valence-corrected chi connectivity index (χ3v) is 14.5. The van der Waals surface area contributed by atoms with Crippen LogP contribution in [0.4, 0.5) is 5.69 Å². The molecule has 0 bridgehead atoms. The van der Waals surface area contributed by atoms with Crippen LogP contribution in [0.2, 0.25) is 0 Å². The van der Waals surface area contributed by atoms with E-state index >= 15 is 0 Å². The van der Waals surface area contributed by atoms with Crippen molar-refractivity contribution < 1.29 is 19.1 Å². The first-order chi connectivity index (χ1) is 31.9. The summed E-state index contributed by atoms with van der Waals surface area (Å²) in [5, 5.41) is 13.3. The van der Waals surface area contributed by atoms with Crippen LogP contribution >= 0.6 is 0 Å². The molecule has 1 aromatic carbocycles. The molecular weight excluding hydrogens is 801 g/mol. The number of nitrogens with zero attached hydrogens (tertiary/aromatic N) is 2. The van der Waals surface area contributed by atoms with Crippen molar-refractivity contribution in [2.24, 2.45) is 11.8 Å². The first-order valence-corrected chi connectivity index (χ1v) is 27.5. The Hall–Kier alpha value is -3.54. The largest absolute Gasteiger partial charge is 0.494 e. The molecule has 0 spiro atoms. The number of aromatic nitrogens is 1. The van der Waals surface area contributed by atoms with Gasteiger partial charge in [0, 0.05) is 24.0 Å². The van der Waals surface area contributed by atoms with E-state index in [-0.39, 0.29) is 11.8 Å². The molecule has 1 amide bonds. The first-order valence-electron chi connectivity index (χ1n) is 27.5. The van der Waals surface area contributed by atoms with Gasteiger partial charge in [-0.25, -0.2) is 0 Å². The number of carbonyl (C=O) groups excluding carboxylic acids is 2. The van der Waals surface area contributed by atoms with Crippen molar-refractivity contribution >= 4 is 34.4 Å². The van der Waals surface area contributed by atoms with Crippen molar-refractivity contribution in [1.29, 1.82) is 0 Å². The van der Waals surface area contributed by atoms with E-state index in [0.717, 1.165) is 66.2 Å². The minimum atomic E-state index is 0.0236. The zero-order valence-corrected chi connectivity index (χ0v) is 42.4. The van der Waals surface area contributed by atoms with Crippen LogP contribution in [0.1, 0.15) is 246 Å². The standard InChI is InChI=1S/C59H94N2O4/c1-6-10-14-18-22-24-28-32-39-49(37-30-26-20-16-12-8-3)46-60-53-45-52-54(44-51(53)56(58(60)63)48(5)36-34-42-62)61(59(64)57(52)55-41-35-43-65-55)47-50(38-31-27-21-17-13-9-4)40-33-29-25-23-19-15-11-7-2/h34-36,41-45,49-50,64H,6-33,37-40,46-47H2,1-5H3/b36-34-,56-48+. The van der Waals surface area contributed by atoms with E-state index in [1.54, 1.807) is 12.3 Å². The lowest BCUT2D eigenvalue weighted by atomic mass is 9.93. The second-order valence-corrected chi connectivity index (χ2v) is 20.0. The molecule has 0 saturated heterocycles. The van der Waals surface area contributed by atoms with Crippen molar-refractivity contribution in [2.75, 3.05) is 11.4 Å². The maximum absolute atomic E-state index is 14.9. The fourth-order valence-corrected chi connectivity index (χ4v) is 10.6. The average Bonchev–Trinajstić information content (AvgIpc) is 4.00. The van der Waals surface area contributed by atoms with Gasteiger partial charge in [-0.2, -0.15) is 0 Å². The number of amides is 1. The van der Waals surface area contributed by atoms with E-state index in [0.29, 0.717) is 35.3 Å². The smallest absolute Gasteiger partial charge is 0.259 e. The number of furan rings is 1. The number of carbonyl (C=O) groups is 2. The second-order valence-electron chi connectivity index (χ2n) is 20.0. The van der Waals surface area contributed by atoms with Gasteiger partial charge in [-0.05, 0) is 80.4 Å². The fourth-order valence-electron chi connectivity index (χ4n) is 10.6. The van der Waals surface area contributed by atoms with Crippen LogP contribution in [0.25, 0.3) is 27.8 Å². The Kier molecular flexibility index (Phi) is 26.8. The number of allylic oxidation sites excluding steroid dienone is 3. The Morgan fingerprint density at radius 2 is 1.08 bits per heavy atom. The summed E-state index contributed by atoms with van der Waals surface area (Å²) in [4.78, 5) is 28.6. The highest BCUT2D eigenvalue weighted by atomic mass is 16.3. The molecule has 1 aliphatic heterocycles. The lowest BCUT2D eigenvalue weighted by Gasteiger charge is -2.25. The molecule has 0 fully saturated rings. The Labute approximate surface area is 397 Å². The summed E-state index contributed by atoms with van der Waals surface area (Å²) in [6.07, 6.45) is 46.4. The molecule has 6 heteroatoms. The molecule has 65 heavy (non-hydrogen) atoms. The number of rotatable bonds is 39. The van der Waals surface area contributed by atoms with Gasteiger partial charge in [0.2, 0.25) is 5.88 Å². The van der Waals surface area contributed by atoms with Crippen molar-refractivity contribution in [1.82, 2.24) is 4.57 Å². The number of hydrogen-bond acceptors (Lipinski definition) is 4. The van der Waals surface area contributed by atoms with Gasteiger partial charge >= 0.3 is 0 Å². The Morgan fingerprint density at radius 3 is 1.51 bits per heavy atom. The highest BCUT2D eigenvalue weighted by Crippen LogP contribution is 2.48. The third kappa shape index (κ3) is 17.9. The molecule has 2 unspecified atom stereocenters. The maximum atomic E-state index is 14.9. The monoisotopic (exact) mass is 895 g/mol. The number of hydrogen-bond donors (Lipinski definition) is 1. The van der Waals surface area contributed by atoms with Gasteiger partial charge in [-0.1, -0.05) is 214 Å². The summed E-state index contributed by atoms with van der Waals surface area (Å²) >= 11 is 0. The average molecular weight is 895 g/mol. The number of fused-ring (bicyclic) bond motifs is 2. The number of aromatic hydroxyl groups is 1. The van der Waals surface area contributed by atoms with Gasteiger partial charge in [-0.3, -0.25) is 9.59 Å². The predicted molar refractivity (Wildman–Crippen MR) is 279 cm³/mol. The van der Waals surface area contributed by atoms with Gasteiger partial charge in [0.05, 0.1) is 28.6 Å². The van der Waals surface area contributed by atoms with Gasteiger partial charge in [-0.15, -0.1) is 0 Å². The normalized spacial score (nSPS) is 14.6. The molecule has 0 aliphatic carbocycles. The molecule has 1 aliphatic rings. The van der Waals surface area contributed by atoms with Crippen LogP contribution in [0, 0.1) is 11.8 Å². The summed E-state index contributed by atoms with van der Waals surface area (Å²) in [5.41, 5.74) is 4.93. The van der Waals surface area contributed by atoms with Gasteiger partial charge in [0.25, 0.3) is 5.91 Å². The highest BCUT2D eigenvalue weighted by Gasteiger charge is 2.37. The summed E-state index contributed by atoms with van der Waals surface area (Å²) in [6.45, 7) is 12.5. The van der Waals surface area contributed by atoms with Crippen LogP contribution in [-0.2, 0) is 16.1 Å².